The Morgan fingerprint density at radius 2 is 1.91 bits per heavy atom. The van der Waals surface area contributed by atoms with Gasteiger partial charge in [-0.2, -0.15) is 4.31 Å². The molecule has 1 aliphatic rings. The van der Waals surface area contributed by atoms with E-state index in [0.29, 0.717) is 24.4 Å². The molecule has 1 N–H and O–H groups in total. The van der Waals surface area contributed by atoms with E-state index >= 15 is 0 Å². The first-order valence-corrected chi connectivity index (χ1v) is 12.3. The Morgan fingerprint density at radius 1 is 1.16 bits per heavy atom. The molecule has 0 bridgehead atoms. The summed E-state index contributed by atoms with van der Waals surface area (Å²) in [6, 6.07) is 9.28. The van der Waals surface area contributed by atoms with Crippen LogP contribution in [-0.2, 0) is 16.4 Å². The maximum Gasteiger partial charge on any atom is 0.286 e. The molecule has 0 radical (unpaired) electrons. The summed E-state index contributed by atoms with van der Waals surface area (Å²) in [7, 11) is -3.73. The highest BCUT2D eigenvalue weighted by molar-refractivity contribution is 7.89. The second-order valence-electron chi connectivity index (χ2n) is 7.30. The van der Waals surface area contributed by atoms with Gasteiger partial charge >= 0.3 is 0 Å². The summed E-state index contributed by atoms with van der Waals surface area (Å²) in [6.07, 6.45) is 2.03. The quantitative estimate of drug-likeness (QED) is 0.575. The van der Waals surface area contributed by atoms with Crippen LogP contribution in [0.3, 0.4) is 0 Å². The van der Waals surface area contributed by atoms with E-state index in [9.17, 15) is 22.0 Å². The topological polar surface area (TPSA) is 92.3 Å². The summed E-state index contributed by atoms with van der Waals surface area (Å²) in [5.41, 5.74) is 1.12. The molecule has 0 spiro atoms. The number of benzene rings is 2. The zero-order valence-electron chi connectivity index (χ0n) is 17.1. The molecule has 2 heterocycles. The van der Waals surface area contributed by atoms with Crippen molar-refractivity contribution in [3.63, 3.8) is 0 Å². The highest BCUT2D eigenvalue weighted by Gasteiger charge is 2.38. The standard InChI is InChI=1S/C21H20F2N4O3S2/c1-2-13-5-8-15(9-6-13)32(29,30)27-11-3-4-18(27)20-25-26-21(31-20)19(28)24-14-7-10-16(22)17(23)12-14/h5-10,12,18H,2-4,11H2,1H3,(H,24,28)/t18-/m0/s1. The maximum absolute atomic E-state index is 13.4. The van der Waals surface area contributed by atoms with E-state index < -0.39 is 33.6 Å². The number of aromatic nitrogens is 2. The van der Waals surface area contributed by atoms with Crippen molar-refractivity contribution in [2.45, 2.75) is 37.1 Å². The van der Waals surface area contributed by atoms with Gasteiger partial charge in [0.15, 0.2) is 11.6 Å². The summed E-state index contributed by atoms with van der Waals surface area (Å²) in [5.74, 6) is -2.74. The van der Waals surface area contributed by atoms with Crippen LogP contribution in [0.1, 0.15) is 46.2 Å². The Bertz CT molecular complexity index is 1250. The highest BCUT2D eigenvalue weighted by Crippen LogP contribution is 2.37. The molecule has 1 fully saturated rings. The van der Waals surface area contributed by atoms with Crippen LogP contribution in [0.15, 0.2) is 47.4 Å². The molecule has 0 unspecified atom stereocenters. The number of hydrogen-bond donors (Lipinski definition) is 1. The van der Waals surface area contributed by atoms with Crippen molar-refractivity contribution in [1.82, 2.24) is 14.5 Å². The lowest BCUT2D eigenvalue weighted by atomic mass is 10.2. The van der Waals surface area contributed by atoms with Gasteiger partial charge in [0.1, 0.15) is 5.01 Å². The molecule has 1 aliphatic heterocycles. The number of aryl methyl sites for hydroxylation is 1. The maximum atomic E-state index is 13.4. The molecule has 7 nitrogen and oxygen atoms in total. The zero-order chi connectivity index (χ0) is 22.9. The minimum absolute atomic E-state index is 0.00119. The predicted octanol–water partition coefficient (Wildman–Crippen LogP) is 4.16. The van der Waals surface area contributed by atoms with E-state index in [0.717, 1.165) is 35.5 Å². The number of nitrogens with one attached hydrogen (secondary N) is 1. The molecule has 3 aromatic rings. The van der Waals surface area contributed by atoms with Crippen LogP contribution >= 0.6 is 11.3 Å². The van der Waals surface area contributed by atoms with Gasteiger partial charge in [-0.15, -0.1) is 10.2 Å². The van der Waals surface area contributed by atoms with Gasteiger partial charge in [-0.25, -0.2) is 17.2 Å². The lowest BCUT2D eigenvalue weighted by Gasteiger charge is -2.22. The molecule has 1 atom stereocenters. The second kappa shape index (κ2) is 9.00. The molecule has 11 heteroatoms. The number of nitrogens with zero attached hydrogens (tertiary/aromatic N) is 3. The molecule has 0 saturated carbocycles. The summed E-state index contributed by atoms with van der Waals surface area (Å²) in [5, 5.41) is 10.8. The van der Waals surface area contributed by atoms with Crippen LogP contribution in [0.2, 0.25) is 0 Å². The highest BCUT2D eigenvalue weighted by atomic mass is 32.2. The van der Waals surface area contributed by atoms with Crippen molar-refractivity contribution < 1.29 is 22.0 Å². The van der Waals surface area contributed by atoms with Crippen molar-refractivity contribution >= 4 is 33.0 Å². The fraction of sp³-hybridized carbons (Fsp3) is 0.286. The first kappa shape index (κ1) is 22.4. The average molecular weight is 479 g/mol. The molecular formula is C21H20F2N4O3S2. The van der Waals surface area contributed by atoms with Crippen LogP contribution in [0, 0.1) is 11.6 Å². The van der Waals surface area contributed by atoms with E-state index in [1.54, 1.807) is 24.3 Å². The van der Waals surface area contributed by atoms with E-state index in [-0.39, 0.29) is 15.6 Å². The molecule has 4 rings (SSSR count). The second-order valence-corrected chi connectivity index (χ2v) is 10.2. The van der Waals surface area contributed by atoms with Gasteiger partial charge in [0, 0.05) is 18.3 Å². The fourth-order valence-electron chi connectivity index (χ4n) is 3.53. The van der Waals surface area contributed by atoms with Gasteiger partial charge in [0.25, 0.3) is 5.91 Å². The Labute approximate surface area is 188 Å². The van der Waals surface area contributed by atoms with Crippen LogP contribution in [0.5, 0.6) is 0 Å². The molecule has 1 aromatic heterocycles. The van der Waals surface area contributed by atoms with E-state index in [1.165, 1.54) is 10.4 Å². The Hall–Kier alpha value is -2.76. The fourth-order valence-corrected chi connectivity index (χ4v) is 6.14. The zero-order valence-corrected chi connectivity index (χ0v) is 18.7. The summed E-state index contributed by atoms with van der Waals surface area (Å²) in [4.78, 5) is 12.7. The molecular weight excluding hydrogens is 458 g/mol. The van der Waals surface area contributed by atoms with Gasteiger partial charge in [-0.3, -0.25) is 4.79 Å². The third kappa shape index (κ3) is 4.41. The Kier molecular flexibility index (Phi) is 6.31. The third-order valence-electron chi connectivity index (χ3n) is 5.24. The van der Waals surface area contributed by atoms with Crippen molar-refractivity contribution in [1.29, 1.82) is 0 Å². The molecule has 2 aromatic carbocycles. The predicted molar refractivity (Wildman–Crippen MR) is 116 cm³/mol. The average Bonchev–Trinajstić information content (AvgIpc) is 3.46. The number of rotatable bonds is 6. The molecule has 168 valence electrons. The van der Waals surface area contributed by atoms with Gasteiger partial charge < -0.3 is 5.32 Å². The number of anilines is 1. The molecule has 1 amide bonds. The first-order chi connectivity index (χ1) is 15.3. The summed E-state index contributed by atoms with van der Waals surface area (Å²) < 4.78 is 54.2. The van der Waals surface area contributed by atoms with Gasteiger partial charge in [0.2, 0.25) is 15.0 Å². The number of halogens is 2. The smallest absolute Gasteiger partial charge is 0.286 e. The Balaban J connectivity index is 1.53. The first-order valence-electron chi connectivity index (χ1n) is 10.00. The molecule has 0 aliphatic carbocycles. The molecule has 32 heavy (non-hydrogen) atoms. The minimum Gasteiger partial charge on any atom is -0.320 e. The van der Waals surface area contributed by atoms with Crippen LogP contribution < -0.4 is 5.32 Å². The van der Waals surface area contributed by atoms with Crippen molar-refractivity contribution in [2.24, 2.45) is 0 Å². The van der Waals surface area contributed by atoms with Crippen molar-refractivity contribution in [3.8, 4) is 0 Å². The number of carbonyl (C=O) groups excluding carboxylic acids is 1. The third-order valence-corrected chi connectivity index (χ3v) is 8.18. The monoisotopic (exact) mass is 478 g/mol. The van der Waals surface area contributed by atoms with E-state index in [2.05, 4.69) is 15.5 Å². The van der Waals surface area contributed by atoms with Crippen molar-refractivity contribution in [3.05, 3.63) is 69.7 Å². The summed E-state index contributed by atoms with van der Waals surface area (Å²) in [6.45, 7) is 2.34. The van der Waals surface area contributed by atoms with Gasteiger partial charge in [0.05, 0.1) is 10.9 Å². The number of sulfonamides is 1. The van der Waals surface area contributed by atoms with E-state index in [1.807, 2.05) is 6.92 Å². The number of hydrogen-bond acceptors (Lipinski definition) is 6. The lowest BCUT2D eigenvalue weighted by molar-refractivity contribution is 0.102. The molecule has 1 saturated heterocycles. The SMILES string of the molecule is CCc1ccc(S(=O)(=O)N2CCC[C@H]2c2nnc(C(=O)Nc3ccc(F)c(F)c3)s2)cc1. The van der Waals surface area contributed by atoms with Gasteiger partial charge in [-0.05, 0) is 49.1 Å². The number of amides is 1. The van der Waals surface area contributed by atoms with Crippen LogP contribution in [-0.4, -0.2) is 35.4 Å². The lowest BCUT2D eigenvalue weighted by Crippen LogP contribution is -2.30. The normalized spacial score (nSPS) is 16.9. The summed E-state index contributed by atoms with van der Waals surface area (Å²) >= 11 is 0.978. The minimum atomic E-state index is -3.73. The number of carbonyl (C=O) groups is 1. The largest absolute Gasteiger partial charge is 0.320 e. The van der Waals surface area contributed by atoms with Crippen LogP contribution in [0.25, 0.3) is 0 Å². The van der Waals surface area contributed by atoms with E-state index in [4.69, 9.17) is 0 Å². The van der Waals surface area contributed by atoms with Crippen LogP contribution in [0.4, 0.5) is 14.5 Å². The Morgan fingerprint density at radius 3 is 2.59 bits per heavy atom. The van der Waals surface area contributed by atoms with Gasteiger partial charge in [-0.1, -0.05) is 30.4 Å². The van der Waals surface area contributed by atoms with Crippen molar-refractivity contribution in [2.75, 3.05) is 11.9 Å².